The third-order valence-corrected chi connectivity index (χ3v) is 5.66. The van der Waals surface area contributed by atoms with E-state index in [0.717, 1.165) is 18.4 Å². The molecule has 4 nitrogen and oxygen atoms in total. The second kappa shape index (κ2) is 5.51. The normalized spacial score (nSPS) is 16.9. The maximum absolute atomic E-state index is 12.4. The molecule has 1 aromatic carbocycles. The molecule has 2 rings (SSSR count). The lowest BCUT2D eigenvalue weighted by molar-refractivity contribution is 0.519. The van der Waals surface area contributed by atoms with Crippen LogP contribution >= 0.6 is 0 Å². The molecule has 5 heteroatoms. The van der Waals surface area contributed by atoms with E-state index in [2.05, 4.69) is 4.72 Å². The maximum atomic E-state index is 12.4. The Hall–Kier alpha value is -1.07. The Morgan fingerprint density at radius 1 is 1.26 bits per heavy atom. The smallest absolute Gasteiger partial charge is 0.241 e. The molecule has 0 atom stereocenters. The van der Waals surface area contributed by atoms with Gasteiger partial charge in [0.05, 0.1) is 4.90 Å². The van der Waals surface area contributed by atoms with Crippen molar-refractivity contribution in [3.05, 3.63) is 23.3 Å². The lowest BCUT2D eigenvalue weighted by atomic mass is 10.1. The van der Waals surface area contributed by atoms with Gasteiger partial charge in [0.15, 0.2) is 0 Å². The Balaban J connectivity index is 2.21. The highest BCUT2D eigenvalue weighted by atomic mass is 32.2. The number of aryl methyl sites for hydroxylation is 1. The SMILES string of the molecule is Cc1ccc(N)c(C)c1S(=O)(=O)NCC1CCCC1. The molecule has 0 bridgehead atoms. The van der Waals surface area contributed by atoms with E-state index in [-0.39, 0.29) is 0 Å². The Morgan fingerprint density at radius 3 is 2.53 bits per heavy atom. The van der Waals surface area contributed by atoms with Crippen molar-refractivity contribution < 1.29 is 8.42 Å². The minimum Gasteiger partial charge on any atom is -0.398 e. The van der Waals surface area contributed by atoms with E-state index < -0.39 is 10.0 Å². The van der Waals surface area contributed by atoms with Crippen LogP contribution in [0.1, 0.15) is 36.8 Å². The van der Waals surface area contributed by atoms with Crippen molar-refractivity contribution in [3.8, 4) is 0 Å². The number of rotatable bonds is 4. The molecular formula is C14H22N2O2S. The van der Waals surface area contributed by atoms with Gasteiger partial charge in [0.2, 0.25) is 10.0 Å². The number of hydrogen-bond acceptors (Lipinski definition) is 3. The van der Waals surface area contributed by atoms with Gasteiger partial charge in [-0.25, -0.2) is 13.1 Å². The Bertz CT molecular complexity index is 561. The molecule has 106 valence electrons. The Kier molecular flexibility index (Phi) is 4.16. The third-order valence-electron chi connectivity index (χ3n) is 3.95. The van der Waals surface area contributed by atoms with Gasteiger partial charge in [-0.05, 0) is 49.8 Å². The zero-order valence-corrected chi connectivity index (χ0v) is 12.4. The first kappa shape index (κ1) is 14.3. The number of nitrogens with one attached hydrogen (secondary N) is 1. The van der Waals surface area contributed by atoms with Crippen LogP contribution in [0.5, 0.6) is 0 Å². The zero-order chi connectivity index (χ0) is 14.0. The van der Waals surface area contributed by atoms with Gasteiger partial charge in [-0.1, -0.05) is 18.9 Å². The van der Waals surface area contributed by atoms with Gasteiger partial charge in [0.25, 0.3) is 0 Å². The van der Waals surface area contributed by atoms with Crippen molar-refractivity contribution in [1.82, 2.24) is 4.72 Å². The number of sulfonamides is 1. The molecule has 19 heavy (non-hydrogen) atoms. The minimum atomic E-state index is -3.46. The van der Waals surface area contributed by atoms with E-state index in [4.69, 9.17) is 5.73 Å². The Labute approximate surface area is 115 Å². The van der Waals surface area contributed by atoms with Crippen LogP contribution in [-0.2, 0) is 10.0 Å². The highest BCUT2D eigenvalue weighted by molar-refractivity contribution is 7.89. The van der Waals surface area contributed by atoms with Crippen LogP contribution in [-0.4, -0.2) is 15.0 Å². The molecule has 1 fully saturated rings. The highest BCUT2D eigenvalue weighted by Crippen LogP contribution is 2.27. The summed E-state index contributed by atoms with van der Waals surface area (Å²) < 4.78 is 27.6. The molecule has 0 aliphatic heterocycles. The van der Waals surface area contributed by atoms with Crippen LogP contribution in [0.4, 0.5) is 5.69 Å². The summed E-state index contributed by atoms with van der Waals surface area (Å²) >= 11 is 0. The van der Waals surface area contributed by atoms with Crippen molar-refractivity contribution in [2.45, 2.75) is 44.4 Å². The van der Waals surface area contributed by atoms with Gasteiger partial charge >= 0.3 is 0 Å². The van der Waals surface area contributed by atoms with Crippen molar-refractivity contribution in [3.63, 3.8) is 0 Å². The van der Waals surface area contributed by atoms with E-state index in [9.17, 15) is 8.42 Å². The van der Waals surface area contributed by atoms with E-state index in [0.29, 0.717) is 28.6 Å². The van der Waals surface area contributed by atoms with Crippen molar-refractivity contribution in [2.75, 3.05) is 12.3 Å². The van der Waals surface area contributed by atoms with Gasteiger partial charge in [0, 0.05) is 12.2 Å². The monoisotopic (exact) mass is 282 g/mol. The van der Waals surface area contributed by atoms with Gasteiger partial charge in [-0.3, -0.25) is 0 Å². The van der Waals surface area contributed by atoms with E-state index in [1.165, 1.54) is 12.8 Å². The van der Waals surface area contributed by atoms with Crippen LogP contribution in [0, 0.1) is 19.8 Å². The van der Waals surface area contributed by atoms with Gasteiger partial charge < -0.3 is 5.73 Å². The lowest BCUT2D eigenvalue weighted by Crippen LogP contribution is -2.29. The molecule has 0 amide bonds. The van der Waals surface area contributed by atoms with Gasteiger partial charge in [-0.2, -0.15) is 0 Å². The summed E-state index contributed by atoms with van der Waals surface area (Å²) in [5.74, 6) is 0.483. The summed E-state index contributed by atoms with van der Waals surface area (Å²) in [6.45, 7) is 4.10. The molecule has 1 aliphatic carbocycles. The summed E-state index contributed by atoms with van der Waals surface area (Å²) in [4.78, 5) is 0.338. The van der Waals surface area contributed by atoms with Crippen molar-refractivity contribution >= 4 is 15.7 Å². The fourth-order valence-corrected chi connectivity index (χ4v) is 4.38. The summed E-state index contributed by atoms with van der Waals surface area (Å²) in [5, 5.41) is 0. The molecule has 0 spiro atoms. The van der Waals surface area contributed by atoms with E-state index in [1.54, 1.807) is 26.0 Å². The van der Waals surface area contributed by atoms with E-state index in [1.807, 2.05) is 0 Å². The first-order valence-corrected chi connectivity index (χ1v) is 8.25. The van der Waals surface area contributed by atoms with E-state index >= 15 is 0 Å². The quantitative estimate of drug-likeness (QED) is 0.833. The topological polar surface area (TPSA) is 72.2 Å². The molecule has 0 unspecified atom stereocenters. The first-order chi connectivity index (χ1) is 8.92. The number of anilines is 1. The van der Waals surface area contributed by atoms with Crippen molar-refractivity contribution in [2.24, 2.45) is 5.92 Å². The van der Waals surface area contributed by atoms with Crippen LogP contribution in [0.25, 0.3) is 0 Å². The zero-order valence-electron chi connectivity index (χ0n) is 11.6. The van der Waals surface area contributed by atoms with Crippen LogP contribution in [0.2, 0.25) is 0 Å². The summed E-state index contributed by atoms with van der Waals surface area (Å²) in [5.41, 5.74) is 7.71. The minimum absolute atomic E-state index is 0.338. The fraction of sp³-hybridized carbons (Fsp3) is 0.571. The molecular weight excluding hydrogens is 260 g/mol. The second-order valence-electron chi connectivity index (χ2n) is 5.43. The van der Waals surface area contributed by atoms with Crippen LogP contribution in [0.15, 0.2) is 17.0 Å². The maximum Gasteiger partial charge on any atom is 0.241 e. The average Bonchev–Trinajstić information content (AvgIpc) is 2.85. The van der Waals surface area contributed by atoms with Crippen molar-refractivity contribution in [1.29, 1.82) is 0 Å². The second-order valence-corrected chi connectivity index (χ2v) is 7.13. The number of benzene rings is 1. The highest BCUT2D eigenvalue weighted by Gasteiger charge is 2.23. The predicted octanol–water partition coefficient (Wildman–Crippen LogP) is 2.35. The molecule has 0 radical (unpaired) electrons. The Morgan fingerprint density at radius 2 is 1.89 bits per heavy atom. The molecule has 1 aromatic rings. The predicted molar refractivity (Wildman–Crippen MR) is 77.5 cm³/mol. The molecule has 0 aromatic heterocycles. The summed E-state index contributed by atoms with van der Waals surface area (Å²) in [6, 6.07) is 3.51. The average molecular weight is 282 g/mol. The lowest BCUT2D eigenvalue weighted by Gasteiger charge is -2.15. The largest absolute Gasteiger partial charge is 0.398 e. The van der Waals surface area contributed by atoms with Gasteiger partial charge in [0.1, 0.15) is 0 Å². The van der Waals surface area contributed by atoms with Gasteiger partial charge in [-0.15, -0.1) is 0 Å². The summed E-state index contributed by atoms with van der Waals surface area (Å²) in [6.07, 6.45) is 4.67. The first-order valence-electron chi connectivity index (χ1n) is 6.77. The molecule has 0 heterocycles. The molecule has 3 N–H and O–H groups in total. The van der Waals surface area contributed by atoms with Crippen LogP contribution < -0.4 is 10.5 Å². The number of hydrogen-bond donors (Lipinski definition) is 2. The third kappa shape index (κ3) is 3.09. The number of nitrogens with two attached hydrogens (primary N) is 1. The number of nitrogen functional groups attached to an aromatic ring is 1. The molecule has 1 aliphatic rings. The molecule has 0 saturated heterocycles. The fourth-order valence-electron chi connectivity index (χ4n) is 2.77. The standard InChI is InChI=1S/C14H22N2O2S/c1-10-7-8-13(15)11(2)14(10)19(17,18)16-9-12-5-3-4-6-12/h7-8,12,16H,3-6,9,15H2,1-2H3. The molecule has 1 saturated carbocycles. The summed E-state index contributed by atoms with van der Waals surface area (Å²) in [7, 11) is -3.46. The van der Waals surface area contributed by atoms with Crippen LogP contribution in [0.3, 0.4) is 0 Å².